The van der Waals surface area contributed by atoms with Crippen LogP contribution in [0.5, 0.6) is 0 Å². The molecule has 2 N–H and O–H groups in total. The predicted molar refractivity (Wildman–Crippen MR) is 224 cm³/mol. The molecule has 0 bridgehead atoms. The summed E-state index contributed by atoms with van der Waals surface area (Å²) in [6.07, 6.45) is -10.2. The molecular weight excluding hydrogens is 815 g/mol. The Morgan fingerprint density at radius 2 is 0.790 bits per heavy atom. The van der Waals surface area contributed by atoms with Gasteiger partial charge in [-0.15, -0.1) is 0 Å². The van der Waals surface area contributed by atoms with Gasteiger partial charge in [-0.2, -0.15) is 0 Å². The molecule has 0 aliphatic carbocycles. The summed E-state index contributed by atoms with van der Waals surface area (Å²) in [5.41, 5.74) is -0.554. The second-order valence-electron chi connectivity index (χ2n) is 14.4. The Morgan fingerprint density at radius 1 is 0.468 bits per heavy atom. The minimum absolute atomic E-state index is 0.00909. The molecule has 0 radical (unpaired) electrons. The molecule has 5 atom stereocenters. The van der Waals surface area contributed by atoms with Crippen molar-refractivity contribution < 1.29 is 61.7 Å². The van der Waals surface area contributed by atoms with Crippen LogP contribution in [0.25, 0.3) is 0 Å². The van der Waals surface area contributed by atoms with Crippen LogP contribution < -0.4 is 0 Å². The number of phosphoric ester groups is 1. The Bertz CT molecular complexity index is 2430. The van der Waals surface area contributed by atoms with Crippen LogP contribution in [0.1, 0.15) is 52.6 Å². The topological polar surface area (TPSA) is 181 Å². The second kappa shape index (κ2) is 19.8. The van der Waals surface area contributed by atoms with Gasteiger partial charge in [-0.05, 0) is 59.7 Å². The summed E-state index contributed by atoms with van der Waals surface area (Å²) < 4.78 is 49.9. The Morgan fingerprint density at radius 3 is 1.16 bits per heavy atom. The first-order valence-electron chi connectivity index (χ1n) is 19.5. The van der Waals surface area contributed by atoms with Crippen molar-refractivity contribution >= 4 is 31.7 Å². The maximum atomic E-state index is 14.5. The van der Waals surface area contributed by atoms with Gasteiger partial charge in [0, 0.05) is 12.8 Å². The lowest BCUT2D eigenvalue weighted by molar-refractivity contribution is -0.304. The SMILES string of the molecule is O=C(O[C@H]1[C@H](OC(=O)c2ccccc2)[C@@H](OP(=O)(O)O)O[C@H](C(Cc2ccccc2)(Cc2ccccc2)OC(=O)c2ccccc2)[C@@H]1OC(=O)c1ccccc1)c1ccccc1. The fraction of sp³-hybridized carbons (Fsp3) is 0.167. The summed E-state index contributed by atoms with van der Waals surface area (Å²) in [5, 5.41) is 0. The fourth-order valence-corrected chi connectivity index (χ4v) is 7.68. The van der Waals surface area contributed by atoms with Crippen molar-refractivity contribution in [1.29, 1.82) is 0 Å². The standard InChI is InChI=1S/C48H41O13P/c49-43(35-23-11-3-12-24-35)56-39-40(57-44(50)36-25-13-4-14-26-36)42(59-47(61-62(53,54)55)41(39)58-45(51)37-27-15-5-16-28-37)48(31-33-19-7-1-8-20-33,32-34-21-9-2-10-22-34)60-46(52)38-29-17-6-18-30-38/h1-30,39-42,47H,31-32H2,(H2,53,54,55)/t39-,40-,41+,42+,47-/m1/s1. The Kier molecular flexibility index (Phi) is 13.8. The molecule has 0 saturated carbocycles. The van der Waals surface area contributed by atoms with Crippen molar-refractivity contribution in [3.05, 3.63) is 215 Å². The van der Waals surface area contributed by atoms with Gasteiger partial charge in [-0.1, -0.05) is 133 Å². The molecule has 14 heteroatoms. The molecule has 6 aromatic rings. The van der Waals surface area contributed by atoms with E-state index < -0.39 is 68.0 Å². The van der Waals surface area contributed by atoms with Crippen molar-refractivity contribution in [1.82, 2.24) is 0 Å². The van der Waals surface area contributed by atoms with Crippen LogP contribution in [-0.4, -0.2) is 70.0 Å². The Hall–Kier alpha value is -6.73. The number of carbonyl (C=O) groups excluding carboxylic acids is 4. The number of rotatable bonds is 15. The highest BCUT2D eigenvalue weighted by Crippen LogP contribution is 2.46. The van der Waals surface area contributed by atoms with E-state index in [1.54, 1.807) is 133 Å². The van der Waals surface area contributed by atoms with Crippen molar-refractivity contribution in [2.45, 2.75) is 49.1 Å². The minimum Gasteiger partial charge on any atom is -0.452 e. The zero-order valence-corrected chi connectivity index (χ0v) is 33.8. The number of hydrogen-bond acceptors (Lipinski definition) is 11. The summed E-state index contributed by atoms with van der Waals surface area (Å²) in [7, 11) is -5.56. The Balaban J connectivity index is 1.47. The van der Waals surface area contributed by atoms with Gasteiger partial charge in [-0.3, -0.25) is 4.52 Å². The summed E-state index contributed by atoms with van der Waals surface area (Å²) >= 11 is 0. The molecule has 0 spiro atoms. The summed E-state index contributed by atoms with van der Waals surface area (Å²) in [4.78, 5) is 77.6. The molecule has 0 aromatic heterocycles. The first-order valence-corrected chi connectivity index (χ1v) is 21.0. The normalized spacial score (nSPS) is 18.8. The van der Waals surface area contributed by atoms with Gasteiger partial charge in [0.2, 0.25) is 6.29 Å². The summed E-state index contributed by atoms with van der Waals surface area (Å²) in [5.74, 6) is -3.81. The molecule has 7 rings (SSSR count). The number of ether oxygens (including phenoxy) is 5. The van der Waals surface area contributed by atoms with Gasteiger partial charge in [0.05, 0.1) is 22.3 Å². The van der Waals surface area contributed by atoms with E-state index in [9.17, 15) is 33.5 Å². The molecular formula is C48H41O13P. The molecule has 0 unspecified atom stereocenters. The third-order valence-electron chi connectivity index (χ3n) is 10.0. The van der Waals surface area contributed by atoms with E-state index in [4.69, 9.17) is 28.2 Å². The lowest BCUT2D eigenvalue weighted by Gasteiger charge is -2.50. The van der Waals surface area contributed by atoms with Gasteiger partial charge in [0.1, 0.15) is 6.10 Å². The molecule has 1 saturated heterocycles. The van der Waals surface area contributed by atoms with E-state index in [1.165, 1.54) is 48.5 Å². The molecule has 62 heavy (non-hydrogen) atoms. The molecule has 13 nitrogen and oxygen atoms in total. The highest BCUT2D eigenvalue weighted by molar-refractivity contribution is 7.46. The van der Waals surface area contributed by atoms with E-state index in [0.29, 0.717) is 11.1 Å². The van der Waals surface area contributed by atoms with Gasteiger partial charge in [-0.25, -0.2) is 23.7 Å². The van der Waals surface area contributed by atoms with E-state index in [1.807, 2.05) is 0 Å². The van der Waals surface area contributed by atoms with Crippen molar-refractivity contribution in [2.24, 2.45) is 0 Å². The van der Waals surface area contributed by atoms with Gasteiger partial charge < -0.3 is 33.5 Å². The lowest BCUT2D eigenvalue weighted by atomic mass is 9.77. The number of phosphoric acid groups is 1. The molecule has 1 aliphatic rings. The third-order valence-corrected chi connectivity index (χ3v) is 10.5. The van der Waals surface area contributed by atoms with Gasteiger partial charge >= 0.3 is 31.7 Å². The van der Waals surface area contributed by atoms with E-state index in [-0.39, 0.29) is 35.1 Å². The fourth-order valence-electron chi connectivity index (χ4n) is 7.23. The summed E-state index contributed by atoms with van der Waals surface area (Å²) in [6, 6.07) is 49.0. The summed E-state index contributed by atoms with van der Waals surface area (Å²) in [6.45, 7) is 0. The lowest BCUT2D eigenvalue weighted by Crippen LogP contribution is -2.69. The maximum Gasteiger partial charge on any atom is 0.472 e. The van der Waals surface area contributed by atoms with Crippen LogP contribution in [0, 0.1) is 0 Å². The van der Waals surface area contributed by atoms with E-state index in [2.05, 4.69) is 0 Å². The molecule has 6 aromatic carbocycles. The van der Waals surface area contributed by atoms with Gasteiger partial charge in [0.25, 0.3) is 0 Å². The molecule has 1 heterocycles. The van der Waals surface area contributed by atoms with Crippen molar-refractivity contribution in [3.63, 3.8) is 0 Å². The third kappa shape index (κ3) is 11.0. The molecule has 1 aliphatic heterocycles. The Labute approximate surface area is 357 Å². The van der Waals surface area contributed by atoms with Crippen LogP contribution in [0.2, 0.25) is 0 Å². The second-order valence-corrected chi connectivity index (χ2v) is 15.6. The zero-order valence-electron chi connectivity index (χ0n) is 33.0. The quantitative estimate of drug-likeness (QED) is 0.0587. The van der Waals surface area contributed by atoms with E-state index >= 15 is 0 Å². The largest absolute Gasteiger partial charge is 0.472 e. The smallest absolute Gasteiger partial charge is 0.452 e. The average molecular weight is 857 g/mol. The number of benzene rings is 6. The molecule has 1 fully saturated rings. The number of esters is 4. The highest BCUT2D eigenvalue weighted by Gasteiger charge is 2.62. The van der Waals surface area contributed by atoms with Crippen LogP contribution >= 0.6 is 7.82 Å². The predicted octanol–water partition coefficient (Wildman–Crippen LogP) is 7.58. The van der Waals surface area contributed by atoms with Crippen LogP contribution in [-0.2, 0) is 45.6 Å². The molecule has 0 amide bonds. The zero-order chi connectivity index (χ0) is 43.5. The number of hydrogen-bond donors (Lipinski definition) is 2. The van der Waals surface area contributed by atoms with Crippen LogP contribution in [0.4, 0.5) is 0 Å². The average Bonchev–Trinajstić information content (AvgIpc) is 3.29. The maximum absolute atomic E-state index is 14.5. The first kappa shape index (κ1) is 43.4. The van der Waals surface area contributed by atoms with Crippen LogP contribution in [0.15, 0.2) is 182 Å². The van der Waals surface area contributed by atoms with Crippen molar-refractivity contribution in [3.8, 4) is 0 Å². The minimum atomic E-state index is -5.56. The number of carbonyl (C=O) groups is 4. The van der Waals surface area contributed by atoms with Gasteiger partial charge in [0.15, 0.2) is 23.9 Å². The van der Waals surface area contributed by atoms with Crippen molar-refractivity contribution in [2.75, 3.05) is 0 Å². The highest BCUT2D eigenvalue weighted by atomic mass is 31.2. The molecule has 316 valence electrons. The monoisotopic (exact) mass is 856 g/mol. The first-order chi connectivity index (χ1) is 30.0. The van der Waals surface area contributed by atoms with E-state index in [0.717, 1.165) is 0 Å². The van der Waals surface area contributed by atoms with Crippen LogP contribution in [0.3, 0.4) is 0 Å².